The first kappa shape index (κ1) is 15.7. The van der Waals surface area contributed by atoms with Crippen molar-refractivity contribution in [1.82, 2.24) is 10.0 Å². The van der Waals surface area contributed by atoms with E-state index in [1.165, 1.54) is 5.06 Å². The lowest BCUT2D eigenvalue weighted by molar-refractivity contribution is -0.0691. The predicted octanol–water partition coefficient (Wildman–Crippen LogP) is 1.74. The maximum Gasteiger partial charge on any atom is 0.252 e. The fourth-order valence-corrected chi connectivity index (χ4v) is 2.85. The summed E-state index contributed by atoms with van der Waals surface area (Å²) in [6, 6.07) is 0.181. The van der Waals surface area contributed by atoms with E-state index >= 15 is 0 Å². The van der Waals surface area contributed by atoms with Crippen molar-refractivity contribution in [2.24, 2.45) is 5.73 Å². The number of rotatable bonds is 5. The number of nitrogens with two attached hydrogens (primary N) is 1. The number of anilines is 1. The lowest BCUT2D eigenvalue weighted by atomic mass is 9.94. The molecule has 1 aliphatic heterocycles. The minimum absolute atomic E-state index is 0.160. The Balaban J connectivity index is 2.53. The van der Waals surface area contributed by atoms with E-state index in [0.29, 0.717) is 30.8 Å². The van der Waals surface area contributed by atoms with Crippen LogP contribution in [-0.2, 0) is 6.42 Å². The van der Waals surface area contributed by atoms with Gasteiger partial charge in [-0.2, -0.15) is 5.06 Å². The van der Waals surface area contributed by atoms with Crippen LogP contribution in [0.3, 0.4) is 0 Å². The van der Waals surface area contributed by atoms with Gasteiger partial charge in [0.15, 0.2) is 0 Å². The molecule has 1 amide bonds. The minimum Gasteiger partial charge on any atom is -0.382 e. The minimum atomic E-state index is -0.455. The van der Waals surface area contributed by atoms with Crippen LogP contribution in [0, 0.1) is 0 Å². The molecule has 0 aliphatic carbocycles. The fourth-order valence-electron chi connectivity index (χ4n) is 2.85. The predicted molar refractivity (Wildman–Crippen MR) is 81.6 cm³/mol. The van der Waals surface area contributed by atoms with Gasteiger partial charge >= 0.3 is 0 Å². The van der Waals surface area contributed by atoms with Crippen LogP contribution in [0.5, 0.6) is 0 Å². The SMILES string of the molecule is CCc1ncc(C2CCN(O)C2)c(NC(C)C)c1C(N)=O. The van der Waals surface area contributed by atoms with E-state index in [1.54, 1.807) is 0 Å². The molecule has 0 saturated carbocycles. The average Bonchev–Trinajstić information content (AvgIpc) is 2.83. The van der Waals surface area contributed by atoms with Crippen molar-refractivity contribution < 1.29 is 10.0 Å². The Kier molecular flexibility index (Phi) is 4.80. The number of carbonyl (C=O) groups is 1. The van der Waals surface area contributed by atoms with Crippen LogP contribution >= 0.6 is 0 Å². The van der Waals surface area contributed by atoms with E-state index in [4.69, 9.17) is 5.73 Å². The third kappa shape index (κ3) is 3.33. The highest BCUT2D eigenvalue weighted by Gasteiger charge is 2.28. The highest BCUT2D eigenvalue weighted by atomic mass is 16.5. The Morgan fingerprint density at radius 2 is 2.33 bits per heavy atom. The number of hydrogen-bond acceptors (Lipinski definition) is 5. The Morgan fingerprint density at radius 1 is 1.62 bits per heavy atom. The number of aromatic nitrogens is 1. The molecule has 1 saturated heterocycles. The second-order valence-electron chi connectivity index (χ2n) is 5.83. The van der Waals surface area contributed by atoms with E-state index in [-0.39, 0.29) is 12.0 Å². The second-order valence-corrected chi connectivity index (χ2v) is 5.83. The number of hydroxylamine groups is 2. The summed E-state index contributed by atoms with van der Waals surface area (Å²) in [5.74, 6) is -0.295. The summed E-state index contributed by atoms with van der Waals surface area (Å²) in [4.78, 5) is 16.3. The average molecular weight is 292 g/mol. The van der Waals surface area contributed by atoms with Crippen LogP contribution in [0.15, 0.2) is 6.20 Å². The molecule has 2 rings (SSSR count). The summed E-state index contributed by atoms with van der Waals surface area (Å²) in [6.45, 7) is 7.19. The normalized spacial score (nSPS) is 19.2. The van der Waals surface area contributed by atoms with Crippen molar-refractivity contribution >= 4 is 11.6 Å². The monoisotopic (exact) mass is 292 g/mol. The largest absolute Gasteiger partial charge is 0.382 e. The van der Waals surface area contributed by atoms with Gasteiger partial charge in [-0.1, -0.05) is 6.92 Å². The molecule has 1 aromatic rings. The number of carbonyl (C=O) groups excluding carboxylic acids is 1. The molecule has 6 nitrogen and oxygen atoms in total. The summed E-state index contributed by atoms with van der Waals surface area (Å²) in [7, 11) is 0. The van der Waals surface area contributed by atoms with Crippen LogP contribution in [-0.4, -0.2) is 40.3 Å². The Labute approximate surface area is 125 Å². The quantitative estimate of drug-likeness (QED) is 0.769. The molecule has 1 aliphatic rings. The first-order chi connectivity index (χ1) is 9.93. The van der Waals surface area contributed by atoms with Gasteiger partial charge in [0.05, 0.1) is 16.9 Å². The lowest BCUT2D eigenvalue weighted by Gasteiger charge is -2.22. The number of nitrogens with zero attached hydrogens (tertiary/aromatic N) is 2. The van der Waals surface area contributed by atoms with Gasteiger partial charge in [-0.3, -0.25) is 9.78 Å². The first-order valence-corrected chi connectivity index (χ1v) is 7.45. The highest BCUT2D eigenvalue weighted by Crippen LogP contribution is 2.34. The molecule has 6 heteroatoms. The summed E-state index contributed by atoms with van der Waals surface area (Å²) in [5.41, 5.74) is 8.53. The van der Waals surface area contributed by atoms with Crippen molar-refractivity contribution in [2.45, 2.75) is 45.6 Å². The molecule has 1 atom stereocenters. The van der Waals surface area contributed by atoms with E-state index in [1.807, 2.05) is 27.0 Å². The van der Waals surface area contributed by atoms with Crippen molar-refractivity contribution in [1.29, 1.82) is 0 Å². The number of aryl methyl sites for hydroxylation is 1. The molecular formula is C15H24N4O2. The van der Waals surface area contributed by atoms with Crippen molar-refractivity contribution in [3.8, 4) is 0 Å². The van der Waals surface area contributed by atoms with Gasteiger partial charge in [-0.25, -0.2) is 0 Å². The Hall–Kier alpha value is -1.66. The molecule has 116 valence electrons. The van der Waals surface area contributed by atoms with E-state index in [9.17, 15) is 10.0 Å². The molecule has 1 fully saturated rings. The maximum absolute atomic E-state index is 11.9. The smallest absolute Gasteiger partial charge is 0.252 e. The third-order valence-electron chi connectivity index (χ3n) is 3.81. The lowest BCUT2D eigenvalue weighted by Crippen LogP contribution is -2.23. The molecule has 0 spiro atoms. The van der Waals surface area contributed by atoms with Crippen LogP contribution in [0.4, 0.5) is 5.69 Å². The Bertz CT molecular complexity index is 531. The molecule has 0 aromatic carbocycles. The second kappa shape index (κ2) is 6.41. The van der Waals surface area contributed by atoms with Crippen molar-refractivity contribution in [3.05, 3.63) is 23.0 Å². The van der Waals surface area contributed by atoms with Gasteiger partial charge in [-0.15, -0.1) is 0 Å². The van der Waals surface area contributed by atoms with Crippen LogP contribution in [0.2, 0.25) is 0 Å². The van der Waals surface area contributed by atoms with Gasteiger partial charge < -0.3 is 16.3 Å². The number of primary amides is 1. The fraction of sp³-hybridized carbons (Fsp3) is 0.600. The summed E-state index contributed by atoms with van der Waals surface area (Å²) >= 11 is 0. The molecule has 0 bridgehead atoms. The first-order valence-electron chi connectivity index (χ1n) is 7.45. The number of hydrogen-bond donors (Lipinski definition) is 3. The van der Waals surface area contributed by atoms with Crippen LogP contribution in [0.1, 0.15) is 54.7 Å². The topological polar surface area (TPSA) is 91.5 Å². The summed E-state index contributed by atoms with van der Waals surface area (Å²) in [5, 5.41) is 14.3. The zero-order valence-electron chi connectivity index (χ0n) is 12.9. The summed E-state index contributed by atoms with van der Waals surface area (Å²) < 4.78 is 0. The standard InChI is InChI=1S/C15H24N4O2/c1-4-12-13(15(16)20)14(18-9(2)3)11(7-17-12)10-5-6-19(21)8-10/h7,9-10,21H,4-6,8H2,1-3H3,(H2,16,20)(H,17,18). The van der Waals surface area contributed by atoms with E-state index in [0.717, 1.165) is 17.7 Å². The van der Waals surface area contributed by atoms with E-state index in [2.05, 4.69) is 10.3 Å². The van der Waals surface area contributed by atoms with E-state index < -0.39 is 5.91 Å². The molecule has 21 heavy (non-hydrogen) atoms. The molecule has 0 radical (unpaired) electrons. The van der Waals surface area contributed by atoms with Gasteiger partial charge in [0.2, 0.25) is 0 Å². The van der Waals surface area contributed by atoms with Gasteiger partial charge in [-0.05, 0) is 32.3 Å². The van der Waals surface area contributed by atoms with Gasteiger partial charge in [0.1, 0.15) is 0 Å². The summed E-state index contributed by atoms with van der Waals surface area (Å²) in [6.07, 6.45) is 3.32. The molecule has 2 heterocycles. The molecular weight excluding hydrogens is 268 g/mol. The Morgan fingerprint density at radius 3 is 2.81 bits per heavy atom. The van der Waals surface area contributed by atoms with Crippen LogP contribution in [0.25, 0.3) is 0 Å². The zero-order valence-corrected chi connectivity index (χ0v) is 12.9. The number of nitrogens with one attached hydrogen (secondary N) is 1. The van der Waals surface area contributed by atoms with Crippen molar-refractivity contribution in [3.63, 3.8) is 0 Å². The zero-order chi connectivity index (χ0) is 15.6. The highest BCUT2D eigenvalue weighted by molar-refractivity contribution is 6.00. The third-order valence-corrected chi connectivity index (χ3v) is 3.81. The van der Waals surface area contributed by atoms with Gasteiger partial charge in [0.25, 0.3) is 5.91 Å². The molecule has 1 aromatic heterocycles. The van der Waals surface area contributed by atoms with Gasteiger partial charge in [0, 0.05) is 31.2 Å². The van der Waals surface area contributed by atoms with Crippen LogP contribution < -0.4 is 11.1 Å². The number of amides is 1. The number of pyridine rings is 1. The molecule has 4 N–H and O–H groups in total. The molecule has 1 unspecified atom stereocenters. The maximum atomic E-state index is 11.9. The van der Waals surface area contributed by atoms with Crippen molar-refractivity contribution in [2.75, 3.05) is 18.4 Å².